The average Bonchev–Trinajstić information content (AvgIpc) is 3.05. The van der Waals surface area contributed by atoms with Gasteiger partial charge in [0.15, 0.2) is 5.13 Å². The number of ether oxygens (including phenoxy) is 1. The first-order valence-corrected chi connectivity index (χ1v) is 11.2. The summed E-state index contributed by atoms with van der Waals surface area (Å²) in [7, 11) is 0. The van der Waals surface area contributed by atoms with Crippen LogP contribution in [0.2, 0.25) is 5.02 Å². The van der Waals surface area contributed by atoms with Crippen molar-refractivity contribution < 1.29 is 9.53 Å². The first-order valence-electron chi connectivity index (χ1n) is 9.99. The number of carbonyl (C=O) groups excluding carboxylic acids is 1. The Morgan fingerprint density at radius 3 is 2.57 bits per heavy atom. The Bertz CT molecular complexity index is 1010. The molecule has 4 nitrogen and oxygen atoms in total. The molecule has 1 heterocycles. The van der Waals surface area contributed by atoms with Crippen LogP contribution in [0.15, 0.2) is 48.5 Å². The minimum absolute atomic E-state index is 0.0620. The highest BCUT2D eigenvalue weighted by Crippen LogP contribution is 2.31. The first kappa shape index (κ1) is 22.3. The van der Waals surface area contributed by atoms with Gasteiger partial charge in [-0.05, 0) is 48.6 Å². The van der Waals surface area contributed by atoms with Gasteiger partial charge >= 0.3 is 0 Å². The van der Waals surface area contributed by atoms with Gasteiger partial charge in [0.2, 0.25) is 5.91 Å². The van der Waals surface area contributed by atoms with Crippen LogP contribution in [0.5, 0.6) is 5.75 Å². The Labute approximate surface area is 187 Å². The maximum absolute atomic E-state index is 12.3. The van der Waals surface area contributed by atoms with Crippen LogP contribution in [0.25, 0.3) is 11.3 Å². The number of rotatable bonds is 7. The first-order chi connectivity index (χ1) is 14.2. The molecule has 0 spiro atoms. The fourth-order valence-electron chi connectivity index (χ4n) is 3.01. The summed E-state index contributed by atoms with van der Waals surface area (Å²) in [5.74, 6) is 0.762. The molecule has 0 aliphatic carbocycles. The number of nitrogens with zero attached hydrogens (tertiary/aromatic N) is 1. The lowest BCUT2D eigenvalue weighted by atomic mass is 9.87. The molecule has 0 fully saturated rings. The summed E-state index contributed by atoms with van der Waals surface area (Å²) in [5, 5.41) is 4.16. The molecule has 0 atom stereocenters. The van der Waals surface area contributed by atoms with Gasteiger partial charge in [-0.1, -0.05) is 56.6 Å². The Balaban J connectivity index is 1.47. The number of thiazole rings is 1. The van der Waals surface area contributed by atoms with Gasteiger partial charge in [-0.2, -0.15) is 0 Å². The van der Waals surface area contributed by atoms with Gasteiger partial charge in [0.05, 0.1) is 12.3 Å². The molecule has 6 heteroatoms. The van der Waals surface area contributed by atoms with Gasteiger partial charge in [-0.3, -0.25) is 4.79 Å². The molecule has 0 aliphatic heterocycles. The summed E-state index contributed by atoms with van der Waals surface area (Å²) in [6, 6.07) is 15.7. The maximum Gasteiger partial charge on any atom is 0.226 e. The number of benzene rings is 2. The fraction of sp³-hybridized carbons (Fsp3) is 0.333. The molecule has 0 unspecified atom stereocenters. The maximum atomic E-state index is 12.3. The van der Waals surface area contributed by atoms with Crippen molar-refractivity contribution in [2.75, 3.05) is 11.9 Å². The van der Waals surface area contributed by atoms with E-state index in [4.69, 9.17) is 16.3 Å². The zero-order valence-corrected chi connectivity index (χ0v) is 19.4. The fourth-order valence-corrected chi connectivity index (χ4v) is 4.05. The smallest absolute Gasteiger partial charge is 0.226 e. The second-order valence-electron chi connectivity index (χ2n) is 8.21. The Hall–Kier alpha value is -2.37. The number of hydrogen-bond donors (Lipinski definition) is 1. The van der Waals surface area contributed by atoms with Crippen molar-refractivity contribution in [3.05, 3.63) is 64.0 Å². The van der Waals surface area contributed by atoms with E-state index in [0.29, 0.717) is 29.6 Å². The number of anilines is 1. The lowest BCUT2D eigenvalue weighted by Gasteiger charge is -2.19. The van der Waals surface area contributed by atoms with Gasteiger partial charge in [-0.25, -0.2) is 4.98 Å². The number of halogens is 1. The third-order valence-corrected chi connectivity index (χ3v) is 5.80. The molecule has 1 N–H and O–H groups in total. The van der Waals surface area contributed by atoms with E-state index < -0.39 is 0 Å². The van der Waals surface area contributed by atoms with E-state index in [9.17, 15) is 4.79 Å². The van der Waals surface area contributed by atoms with E-state index in [1.165, 1.54) is 16.9 Å². The second-order valence-corrected chi connectivity index (χ2v) is 9.85. The molecular weight excluding hydrogens is 416 g/mol. The van der Waals surface area contributed by atoms with Gasteiger partial charge < -0.3 is 10.1 Å². The summed E-state index contributed by atoms with van der Waals surface area (Å²) in [6.45, 7) is 9.03. The van der Waals surface area contributed by atoms with Crippen LogP contribution >= 0.6 is 22.9 Å². The minimum atomic E-state index is -0.0620. The lowest BCUT2D eigenvalue weighted by molar-refractivity contribution is -0.116. The van der Waals surface area contributed by atoms with E-state index >= 15 is 0 Å². The molecule has 158 valence electrons. The van der Waals surface area contributed by atoms with Crippen LogP contribution in [-0.2, 0) is 10.2 Å². The van der Waals surface area contributed by atoms with Crippen molar-refractivity contribution in [2.45, 2.75) is 46.0 Å². The molecule has 3 rings (SSSR count). The van der Waals surface area contributed by atoms with Crippen LogP contribution in [0.3, 0.4) is 0 Å². The van der Waals surface area contributed by atoms with E-state index in [1.54, 1.807) is 0 Å². The molecular formula is C24H27ClN2O2S. The molecule has 1 aromatic heterocycles. The Morgan fingerprint density at radius 1 is 1.17 bits per heavy atom. The van der Waals surface area contributed by atoms with Crippen LogP contribution in [0.4, 0.5) is 5.13 Å². The average molecular weight is 443 g/mol. The van der Waals surface area contributed by atoms with Crippen LogP contribution < -0.4 is 10.1 Å². The molecule has 0 radical (unpaired) electrons. The third-order valence-electron chi connectivity index (χ3n) is 4.68. The Morgan fingerprint density at radius 2 is 1.90 bits per heavy atom. The summed E-state index contributed by atoms with van der Waals surface area (Å²) < 4.78 is 5.76. The Kier molecular flexibility index (Phi) is 7.16. The number of carbonyl (C=O) groups is 1. The predicted octanol–water partition coefficient (Wildman–Crippen LogP) is 6.87. The topological polar surface area (TPSA) is 51.2 Å². The van der Waals surface area contributed by atoms with E-state index in [0.717, 1.165) is 21.9 Å². The zero-order valence-electron chi connectivity index (χ0n) is 17.8. The monoisotopic (exact) mass is 442 g/mol. The zero-order chi connectivity index (χ0) is 21.7. The molecule has 0 aliphatic rings. The minimum Gasteiger partial charge on any atom is -0.494 e. The molecule has 1 amide bonds. The van der Waals surface area contributed by atoms with E-state index in [1.807, 2.05) is 43.3 Å². The summed E-state index contributed by atoms with van der Waals surface area (Å²) >= 11 is 7.54. The molecule has 30 heavy (non-hydrogen) atoms. The highest BCUT2D eigenvalue weighted by molar-refractivity contribution is 7.16. The van der Waals surface area contributed by atoms with Gasteiger partial charge in [-0.15, -0.1) is 11.3 Å². The number of hydrogen-bond acceptors (Lipinski definition) is 4. The summed E-state index contributed by atoms with van der Waals surface area (Å²) in [6.07, 6.45) is 1.02. The highest BCUT2D eigenvalue weighted by Gasteiger charge is 2.14. The third kappa shape index (κ3) is 6.07. The standard InChI is InChI=1S/C24H27ClN2O2S/c1-16-22(17-7-5-8-19(25)15-17)27-23(30-16)26-21(28)9-6-14-29-20-12-10-18(11-13-20)24(2,3)4/h5,7-8,10-13,15H,6,9,14H2,1-4H3,(H,26,27,28). The van der Waals surface area contributed by atoms with Crippen LogP contribution in [0.1, 0.15) is 44.1 Å². The lowest BCUT2D eigenvalue weighted by Crippen LogP contribution is -2.13. The van der Waals surface area contributed by atoms with E-state index in [-0.39, 0.29) is 11.3 Å². The molecule has 0 saturated heterocycles. The van der Waals surface area contributed by atoms with Gasteiger partial charge in [0.25, 0.3) is 0 Å². The number of nitrogens with one attached hydrogen (secondary N) is 1. The second kappa shape index (κ2) is 9.63. The SMILES string of the molecule is Cc1sc(NC(=O)CCCOc2ccc(C(C)(C)C)cc2)nc1-c1cccc(Cl)c1. The molecule has 0 bridgehead atoms. The number of aromatic nitrogens is 1. The van der Waals surface area contributed by atoms with Crippen molar-refractivity contribution in [3.8, 4) is 17.0 Å². The van der Waals surface area contributed by atoms with Gasteiger partial charge in [0, 0.05) is 21.9 Å². The van der Waals surface area contributed by atoms with Crippen LogP contribution in [0, 0.1) is 6.92 Å². The number of aryl methyl sites for hydroxylation is 1. The molecule has 2 aromatic carbocycles. The van der Waals surface area contributed by atoms with Crippen molar-refractivity contribution in [1.82, 2.24) is 4.98 Å². The highest BCUT2D eigenvalue weighted by atomic mass is 35.5. The van der Waals surface area contributed by atoms with Gasteiger partial charge in [0.1, 0.15) is 5.75 Å². The number of amides is 1. The van der Waals surface area contributed by atoms with E-state index in [2.05, 4.69) is 43.2 Å². The molecule has 0 saturated carbocycles. The van der Waals surface area contributed by atoms with Crippen molar-refractivity contribution in [2.24, 2.45) is 0 Å². The van der Waals surface area contributed by atoms with Crippen molar-refractivity contribution in [1.29, 1.82) is 0 Å². The van der Waals surface area contributed by atoms with Crippen molar-refractivity contribution >= 4 is 34.0 Å². The predicted molar refractivity (Wildman–Crippen MR) is 126 cm³/mol. The van der Waals surface area contributed by atoms with Crippen molar-refractivity contribution in [3.63, 3.8) is 0 Å². The largest absolute Gasteiger partial charge is 0.494 e. The van der Waals surface area contributed by atoms with Crippen LogP contribution in [-0.4, -0.2) is 17.5 Å². The molecule has 3 aromatic rings. The summed E-state index contributed by atoms with van der Waals surface area (Å²) in [5.41, 5.74) is 3.19. The normalized spacial score (nSPS) is 11.4. The quantitative estimate of drug-likeness (QED) is 0.406. The summed E-state index contributed by atoms with van der Waals surface area (Å²) in [4.78, 5) is 17.9.